The molecule has 1 aromatic heterocycles. The molecule has 1 aromatic rings. The van der Waals surface area contributed by atoms with Crippen LogP contribution in [0.2, 0.25) is 0 Å². The predicted molar refractivity (Wildman–Crippen MR) is 109 cm³/mol. The second-order valence-corrected chi connectivity index (χ2v) is 8.84. The van der Waals surface area contributed by atoms with E-state index < -0.39 is 27.2 Å². The van der Waals surface area contributed by atoms with E-state index in [9.17, 15) is 25.7 Å². The number of aromatic nitrogens is 2. The standard InChI is InChI=1S/C17H19N7O6S/c25-22(26)10-9-11(23(27)28)13-14(24(29)30-19-13)12(10)15-16(20-5-1-2-6-20)18-17(31-15)21-7-3-4-8-21/h15H,1-9H2. The zero-order valence-electron chi connectivity index (χ0n) is 16.4. The number of likely N-dealkylation sites (tertiary alicyclic amines) is 1. The van der Waals surface area contributed by atoms with Crippen molar-refractivity contribution in [3.05, 3.63) is 42.8 Å². The van der Waals surface area contributed by atoms with Gasteiger partial charge in [-0.1, -0.05) is 0 Å². The molecule has 1 atom stereocenters. The number of hydrogen-bond acceptors (Lipinski definition) is 9. The number of rotatable bonds is 2. The minimum Gasteiger partial charge on any atom is -0.612 e. The van der Waals surface area contributed by atoms with E-state index in [4.69, 9.17) is 4.99 Å². The summed E-state index contributed by atoms with van der Waals surface area (Å²) in [5.74, 6) is 0.649. The Labute approximate surface area is 179 Å². The van der Waals surface area contributed by atoms with Crippen LogP contribution < -0.4 is 4.90 Å². The summed E-state index contributed by atoms with van der Waals surface area (Å²) in [6.07, 6.45) is 3.51. The smallest absolute Gasteiger partial charge is 0.357 e. The highest BCUT2D eigenvalue weighted by molar-refractivity contribution is 8.15. The molecule has 4 aliphatic rings. The fourth-order valence-electron chi connectivity index (χ4n) is 4.49. The van der Waals surface area contributed by atoms with Gasteiger partial charge in [-0.05, 0) is 47.3 Å². The van der Waals surface area contributed by atoms with Gasteiger partial charge in [0.25, 0.3) is 11.4 Å². The van der Waals surface area contributed by atoms with Crippen LogP contribution in [0.15, 0.2) is 15.3 Å². The number of hydrogen-bond donors (Lipinski definition) is 0. The van der Waals surface area contributed by atoms with Crippen molar-refractivity contribution in [2.75, 3.05) is 26.2 Å². The van der Waals surface area contributed by atoms with E-state index in [1.165, 1.54) is 11.8 Å². The van der Waals surface area contributed by atoms with Crippen molar-refractivity contribution in [3.8, 4) is 0 Å². The number of allylic oxidation sites excluding steroid dienone is 1. The van der Waals surface area contributed by atoms with Crippen molar-refractivity contribution in [2.45, 2.75) is 37.4 Å². The quantitative estimate of drug-likeness (QED) is 0.267. The van der Waals surface area contributed by atoms with Gasteiger partial charge in [-0.2, -0.15) is 4.90 Å². The molecule has 0 spiro atoms. The summed E-state index contributed by atoms with van der Waals surface area (Å²) in [5, 5.41) is 51.1. The average Bonchev–Trinajstić information content (AvgIpc) is 3.52. The molecule has 14 heteroatoms. The first-order valence-electron chi connectivity index (χ1n) is 10.1. The summed E-state index contributed by atoms with van der Waals surface area (Å²) < 4.78 is 6.80. The highest BCUT2D eigenvalue weighted by Crippen LogP contribution is 2.41. The van der Waals surface area contributed by atoms with Gasteiger partial charge in [0.1, 0.15) is 17.2 Å². The van der Waals surface area contributed by atoms with Gasteiger partial charge in [-0.25, -0.2) is 0 Å². The van der Waals surface area contributed by atoms with E-state index in [1.54, 1.807) is 0 Å². The van der Waals surface area contributed by atoms with Gasteiger partial charge < -0.3 is 20.5 Å². The third-order valence-corrected chi connectivity index (χ3v) is 7.21. The Hall–Kier alpha value is -3.16. The molecular formula is C17H19N7O6S. The second kappa shape index (κ2) is 7.51. The molecule has 5 rings (SSSR count). The lowest BCUT2D eigenvalue weighted by Gasteiger charge is -2.21. The molecule has 1 unspecified atom stereocenters. The first kappa shape index (κ1) is 19.8. The van der Waals surface area contributed by atoms with Crippen LogP contribution in [0, 0.1) is 25.7 Å². The van der Waals surface area contributed by atoms with Crippen LogP contribution in [-0.2, 0) is 0 Å². The minimum atomic E-state index is -0.749. The van der Waals surface area contributed by atoms with E-state index in [0.29, 0.717) is 5.84 Å². The molecule has 164 valence electrons. The summed E-state index contributed by atoms with van der Waals surface area (Å²) in [5.41, 5.74) is -1.34. The first-order valence-corrected chi connectivity index (χ1v) is 10.9. The average molecular weight is 449 g/mol. The molecule has 1 aliphatic carbocycles. The number of nitro groups is 1. The molecule has 0 radical (unpaired) electrons. The van der Waals surface area contributed by atoms with Crippen LogP contribution in [0.25, 0.3) is 5.57 Å². The highest BCUT2D eigenvalue weighted by atomic mass is 32.2. The predicted octanol–water partition coefficient (Wildman–Crippen LogP) is 0.269. The highest BCUT2D eigenvalue weighted by Gasteiger charge is 2.53. The summed E-state index contributed by atoms with van der Waals surface area (Å²) in [4.78, 5) is 17.5. The van der Waals surface area contributed by atoms with Crippen molar-refractivity contribution >= 4 is 34.0 Å². The summed E-state index contributed by atoms with van der Waals surface area (Å²) in [7, 11) is 0. The number of fused-ring (bicyclic) bond motifs is 1. The zero-order valence-corrected chi connectivity index (χ0v) is 17.2. The van der Waals surface area contributed by atoms with Crippen LogP contribution in [0.3, 0.4) is 0 Å². The van der Waals surface area contributed by atoms with Crippen molar-refractivity contribution in [1.29, 1.82) is 0 Å². The molecule has 0 aromatic carbocycles. The normalized spacial score (nSPS) is 23.6. The van der Waals surface area contributed by atoms with E-state index >= 15 is 0 Å². The van der Waals surface area contributed by atoms with E-state index in [2.05, 4.69) is 19.3 Å². The molecule has 4 heterocycles. The third-order valence-electron chi connectivity index (χ3n) is 5.96. The van der Waals surface area contributed by atoms with Crippen LogP contribution in [0.4, 0.5) is 0 Å². The molecule has 0 bridgehead atoms. The Balaban J connectivity index is 1.69. The van der Waals surface area contributed by atoms with Gasteiger partial charge in [0.2, 0.25) is 11.5 Å². The van der Waals surface area contributed by atoms with Crippen molar-refractivity contribution < 1.29 is 23.9 Å². The Morgan fingerprint density at radius 1 is 1.13 bits per heavy atom. The van der Waals surface area contributed by atoms with Crippen molar-refractivity contribution in [1.82, 2.24) is 10.1 Å². The maximum absolute atomic E-state index is 12.4. The zero-order chi connectivity index (χ0) is 21.7. The summed E-state index contributed by atoms with van der Waals surface area (Å²) >= 11 is 1.35. The Kier molecular flexibility index (Phi) is 4.79. The lowest BCUT2D eigenvalue weighted by atomic mass is 9.92. The molecule has 13 nitrogen and oxygen atoms in total. The fraction of sp³-hybridized carbons (Fsp3) is 0.588. The van der Waals surface area contributed by atoms with E-state index in [1.807, 2.05) is 0 Å². The summed E-state index contributed by atoms with van der Waals surface area (Å²) in [6, 6.07) is 0. The molecule has 31 heavy (non-hydrogen) atoms. The van der Waals surface area contributed by atoms with Crippen LogP contribution in [-0.4, -0.2) is 72.6 Å². The number of thioether (sulfide) groups is 1. The fourth-order valence-corrected chi connectivity index (χ4v) is 5.85. The number of nitrogens with zero attached hydrogens (tertiary/aromatic N) is 7. The molecule has 0 N–H and O–H groups in total. The Bertz CT molecular complexity index is 1070. The van der Waals surface area contributed by atoms with Gasteiger partial charge in [0.05, 0.1) is 23.2 Å². The Morgan fingerprint density at radius 2 is 1.84 bits per heavy atom. The second-order valence-electron chi connectivity index (χ2n) is 7.76. The van der Waals surface area contributed by atoms with Crippen LogP contribution in [0.5, 0.6) is 0 Å². The van der Waals surface area contributed by atoms with Gasteiger partial charge in [0, 0.05) is 13.1 Å². The van der Waals surface area contributed by atoms with E-state index in [-0.39, 0.29) is 27.6 Å². The lowest BCUT2D eigenvalue weighted by Crippen LogP contribution is -2.40. The molecule has 0 amide bonds. The monoisotopic (exact) mass is 449 g/mol. The van der Waals surface area contributed by atoms with Crippen LogP contribution in [0.1, 0.15) is 43.5 Å². The topological polar surface area (TPSA) is 164 Å². The number of aliphatic imine (C=N–C) groups is 1. The lowest BCUT2D eigenvalue weighted by molar-refractivity contribution is -0.804. The first-order chi connectivity index (χ1) is 15.0. The Morgan fingerprint density at radius 3 is 2.48 bits per heavy atom. The molecule has 2 saturated heterocycles. The van der Waals surface area contributed by atoms with Crippen LogP contribution >= 0.6 is 11.8 Å². The van der Waals surface area contributed by atoms with Crippen molar-refractivity contribution in [3.63, 3.8) is 0 Å². The van der Waals surface area contributed by atoms with Gasteiger partial charge >= 0.3 is 10.9 Å². The molecule has 2 fully saturated rings. The molecule has 3 aliphatic heterocycles. The maximum Gasteiger partial charge on any atom is 0.357 e. The largest absolute Gasteiger partial charge is 0.612 e. The van der Waals surface area contributed by atoms with Gasteiger partial charge in [-0.3, -0.25) is 19.3 Å². The number of amidine groups is 2. The SMILES string of the molecule is O=[N+]([O-])C1=C(C2SC(=[N+]3CCCC3)N=C2N2CCCC2)c2c(no[n+]2[O-])C(=[N+]([O-])[O-])C1. The minimum absolute atomic E-state index is 0.0346. The molecular weight excluding hydrogens is 430 g/mol. The summed E-state index contributed by atoms with van der Waals surface area (Å²) in [6.45, 7) is 3.24. The van der Waals surface area contributed by atoms with Gasteiger partial charge in [-0.15, -0.1) is 0 Å². The maximum atomic E-state index is 12.4. The third kappa shape index (κ3) is 3.21. The molecule has 0 saturated carbocycles. The van der Waals surface area contributed by atoms with Crippen molar-refractivity contribution in [2.24, 2.45) is 4.99 Å². The van der Waals surface area contributed by atoms with E-state index in [0.717, 1.165) is 57.0 Å². The van der Waals surface area contributed by atoms with Gasteiger partial charge in [0.15, 0.2) is 0 Å².